The Morgan fingerprint density at radius 2 is 1.86 bits per heavy atom. The van der Waals surface area contributed by atoms with Gasteiger partial charge in [0.05, 0.1) is 20.3 Å². The van der Waals surface area contributed by atoms with Crippen molar-refractivity contribution in [2.45, 2.75) is 0 Å². The Hall–Kier alpha value is -2.89. The zero-order valence-electron chi connectivity index (χ0n) is 12.1. The fourth-order valence-electron chi connectivity index (χ4n) is 2.13. The molecular weight excluding hydrogens is 288 g/mol. The van der Waals surface area contributed by atoms with Crippen LogP contribution in [0.3, 0.4) is 0 Å². The molecule has 0 saturated carbocycles. The molecule has 6 nitrogen and oxygen atoms in total. The summed E-state index contributed by atoms with van der Waals surface area (Å²) < 4.78 is 26.1. The van der Waals surface area contributed by atoms with Crippen molar-refractivity contribution in [3.63, 3.8) is 0 Å². The van der Waals surface area contributed by atoms with Gasteiger partial charge >= 0.3 is 5.63 Å². The summed E-state index contributed by atoms with van der Waals surface area (Å²) in [6, 6.07) is 6.76. The van der Waals surface area contributed by atoms with E-state index in [0.717, 1.165) is 5.56 Å². The standard InChI is InChI=1S/C16H14O6/c1-18-14-8-15(17)22-12(16(14)19-2)6-4-10-3-5-11-13(7-10)21-9-20-11/h3-8H,9H2,1-2H3/b6-4+. The van der Waals surface area contributed by atoms with Gasteiger partial charge in [-0.1, -0.05) is 12.1 Å². The predicted octanol–water partition coefficient (Wildman–Crippen LogP) is 2.56. The van der Waals surface area contributed by atoms with Crippen LogP contribution in [0.25, 0.3) is 12.2 Å². The van der Waals surface area contributed by atoms with Gasteiger partial charge in [0.2, 0.25) is 12.5 Å². The minimum absolute atomic E-state index is 0.223. The second-order valence-electron chi connectivity index (χ2n) is 4.48. The van der Waals surface area contributed by atoms with Crippen LogP contribution in [0.2, 0.25) is 0 Å². The van der Waals surface area contributed by atoms with E-state index in [-0.39, 0.29) is 12.6 Å². The largest absolute Gasteiger partial charge is 0.492 e. The van der Waals surface area contributed by atoms with E-state index in [2.05, 4.69) is 0 Å². The lowest BCUT2D eigenvalue weighted by molar-refractivity contribution is 0.174. The average molecular weight is 302 g/mol. The van der Waals surface area contributed by atoms with Gasteiger partial charge in [-0.2, -0.15) is 0 Å². The third-order valence-electron chi connectivity index (χ3n) is 3.15. The lowest BCUT2D eigenvalue weighted by atomic mass is 10.1. The Kier molecular flexibility index (Phi) is 3.74. The highest BCUT2D eigenvalue weighted by molar-refractivity contribution is 5.72. The minimum atomic E-state index is -0.511. The summed E-state index contributed by atoms with van der Waals surface area (Å²) in [5.74, 6) is 2.36. The van der Waals surface area contributed by atoms with E-state index in [4.69, 9.17) is 23.4 Å². The maximum Gasteiger partial charge on any atom is 0.340 e. The van der Waals surface area contributed by atoms with Crippen molar-refractivity contribution < 1.29 is 23.4 Å². The first-order chi connectivity index (χ1) is 10.7. The molecule has 0 bridgehead atoms. The maximum atomic E-state index is 11.5. The van der Waals surface area contributed by atoms with Crippen LogP contribution in [0.1, 0.15) is 11.3 Å². The fraction of sp³-hybridized carbons (Fsp3) is 0.188. The first kappa shape index (κ1) is 14.1. The summed E-state index contributed by atoms with van der Waals surface area (Å²) in [6.45, 7) is 0.223. The van der Waals surface area contributed by atoms with E-state index >= 15 is 0 Å². The summed E-state index contributed by atoms with van der Waals surface area (Å²) in [6.07, 6.45) is 3.42. The second-order valence-corrected chi connectivity index (χ2v) is 4.48. The van der Waals surface area contributed by atoms with Gasteiger partial charge < -0.3 is 23.4 Å². The monoisotopic (exact) mass is 302 g/mol. The molecule has 1 aliphatic rings. The van der Waals surface area contributed by atoms with Crippen molar-refractivity contribution in [1.29, 1.82) is 0 Å². The lowest BCUT2D eigenvalue weighted by Crippen LogP contribution is -2.02. The van der Waals surface area contributed by atoms with E-state index in [1.54, 1.807) is 12.2 Å². The highest BCUT2D eigenvalue weighted by Crippen LogP contribution is 2.34. The van der Waals surface area contributed by atoms with Gasteiger partial charge in [-0.3, -0.25) is 0 Å². The smallest absolute Gasteiger partial charge is 0.340 e. The Morgan fingerprint density at radius 3 is 2.64 bits per heavy atom. The number of hydrogen-bond acceptors (Lipinski definition) is 6. The number of methoxy groups -OCH3 is 2. The van der Waals surface area contributed by atoms with Gasteiger partial charge in [-0.25, -0.2) is 4.79 Å². The van der Waals surface area contributed by atoms with E-state index in [0.29, 0.717) is 23.0 Å². The third-order valence-corrected chi connectivity index (χ3v) is 3.15. The van der Waals surface area contributed by atoms with Gasteiger partial charge in [0.25, 0.3) is 0 Å². The van der Waals surface area contributed by atoms with Crippen molar-refractivity contribution in [2.24, 2.45) is 0 Å². The first-order valence-electron chi connectivity index (χ1n) is 6.55. The van der Waals surface area contributed by atoms with E-state index in [1.165, 1.54) is 20.3 Å². The zero-order valence-corrected chi connectivity index (χ0v) is 12.1. The molecule has 0 amide bonds. The van der Waals surface area contributed by atoms with Crippen LogP contribution in [0.4, 0.5) is 0 Å². The molecule has 114 valence electrons. The molecule has 2 heterocycles. The first-order valence-corrected chi connectivity index (χ1v) is 6.55. The summed E-state index contributed by atoms with van der Waals surface area (Å²) in [5.41, 5.74) is 0.361. The number of hydrogen-bond donors (Lipinski definition) is 0. The summed E-state index contributed by atoms with van der Waals surface area (Å²) in [7, 11) is 2.94. The van der Waals surface area contributed by atoms with Crippen LogP contribution < -0.4 is 24.6 Å². The average Bonchev–Trinajstić information content (AvgIpc) is 2.99. The van der Waals surface area contributed by atoms with E-state index in [9.17, 15) is 4.79 Å². The Labute approximate surface area is 126 Å². The molecule has 1 aromatic heterocycles. The van der Waals surface area contributed by atoms with Gasteiger partial charge in [-0.15, -0.1) is 0 Å². The molecule has 1 aliphatic heterocycles. The molecule has 22 heavy (non-hydrogen) atoms. The zero-order chi connectivity index (χ0) is 15.5. The molecule has 2 aromatic rings. The van der Waals surface area contributed by atoms with Crippen molar-refractivity contribution in [3.05, 3.63) is 46.0 Å². The highest BCUT2D eigenvalue weighted by atomic mass is 16.7. The number of ether oxygens (including phenoxy) is 4. The van der Waals surface area contributed by atoms with Crippen LogP contribution in [-0.2, 0) is 0 Å². The van der Waals surface area contributed by atoms with Crippen molar-refractivity contribution in [3.8, 4) is 23.0 Å². The second kappa shape index (κ2) is 5.85. The molecule has 0 N–H and O–H groups in total. The number of fused-ring (bicyclic) bond motifs is 1. The van der Waals surface area contributed by atoms with Crippen molar-refractivity contribution in [1.82, 2.24) is 0 Å². The van der Waals surface area contributed by atoms with Crippen LogP contribution in [0.5, 0.6) is 23.0 Å². The Balaban J connectivity index is 1.95. The molecule has 3 rings (SSSR count). The quantitative estimate of drug-likeness (QED) is 0.864. The minimum Gasteiger partial charge on any atom is -0.492 e. The molecule has 6 heteroatoms. The molecule has 0 spiro atoms. The fourth-order valence-corrected chi connectivity index (χ4v) is 2.13. The molecule has 0 unspecified atom stereocenters. The molecule has 0 fully saturated rings. The predicted molar refractivity (Wildman–Crippen MR) is 79.6 cm³/mol. The van der Waals surface area contributed by atoms with Crippen LogP contribution in [-0.4, -0.2) is 21.0 Å². The van der Waals surface area contributed by atoms with Crippen molar-refractivity contribution in [2.75, 3.05) is 21.0 Å². The molecule has 0 aliphatic carbocycles. The molecular formula is C16H14O6. The maximum absolute atomic E-state index is 11.5. The highest BCUT2D eigenvalue weighted by Gasteiger charge is 2.14. The van der Waals surface area contributed by atoms with Crippen molar-refractivity contribution >= 4 is 12.2 Å². The number of rotatable bonds is 4. The Morgan fingerprint density at radius 1 is 1.05 bits per heavy atom. The van der Waals surface area contributed by atoms with Crippen LogP contribution in [0.15, 0.2) is 33.5 Å². The van der Waals surface area contributed by atoms with Gasteiger partial charge in [0.15, 0.2) is 23.0 Å². The van der Waals surface area contributed by atoms with Gasteiger partial charge in [0, 0.05) is 0 Å². The van der Waals surface area contributed by atoms with Gasteiger partial charge in [-0.05, 0) is 23.8 Å². The topological polar surface area (TPSA) is 67.1 Å². The summed E-state index contributed by atoms with van der Waals surface area (Å²) in [4.78, 5) is 11.5. The van der Waals surface area contributed by atoms with Gasteiger partial charge in [0.1, 0.15) is 0 Å². The third kappa shape index (κ3) is 2.63. The summed E-state index contributed by atoms with van der Waals surface area (Å²) >= 11 is 0. The van der Waals surface area contributed by atoms with E-state index in [1.807, 2.05) is 18.2 Å². The molecule has 0 radical (unpaired) electrons. The normalized spacial score (nSPS) is 12.6. The SMILES string of the molecule is COc1cc(=O)oc(/C=C/c2ccc3c(c2)OCO3)c1OC. The van der Waals surface area contributed by atoms with Crippen LogP contribution in [0, 0.1) is 0 Å². The summed E-state index contributed by atoms with van der Waals surface area (Å²) in [5, 5.41) is 0. The lowest BCUT2D eigenvalue weighted by Gasteiger charge is -2.08. The Bertz CT molecular complexity index is 775. The molecule has 1 aromatic carbocycles. The number of benzene rings is 1. The van der Waals surface area contributed by atoms with Crippen LogP contribution >= 0.6 is 0 Å². The molecule has 0 atom stereocenters. The molecule has 0 saturated heterocycles. The van der Waals surface area contributed by atoms with E-state index < -0.39 is 5.63 Å².